The van der Waals surface area contributed by atoms with Crippen molar-refractivity contribution in [3.05, 3.63) is 29.8 Å². The van der Waals surface area contributed by atoms with Crippen LogP contribution in [-0.4, -0.2) is 72.6 Å². The summed E-state index contributed by atoms with van der Waals surface area (Å²) < 4.78 is 0. The maximum atomic E-state index is 12.6. The van der Waals surface area contributed by atoms with Gasteiger partial charge < -0.3 is 15.1 Å². The van der Waals surface area contributed by atoms with E-state index in [1.165, 1.54) is 38.0 Å². The third-order valence-corrected chi connectivity index (χ3v) is 6.28. The molecule has 0 saturated carbocycles. The smallest absolute Gasteiger partial charge is 0.321 e. The minimum Gasteiger partial charge on any atom is -0.322 e. The normalized spacial score (nSPS) is 29.6. The lowest BCUT2D eigenvalue weighted by atomic mass is 9.83. The summed E-state index contributed by atoms with van der Waals surface area (Å²) in [6, 6.07) is 8.92. The number of rotatable bonds is 3. The fourth-order valence-electron chi connectivity index (χ4n) is 4.68. The Morgan fingerprint density at radius 2 is 1.88 bits per heavy atom. The summed E-state index contributed by atoms with van der Waals surface area (Å²) in [4.78, 5) is 19.8. The SMILES string of the molecule is CCc1cccc(NC(=O)N2CCN(C3CN4CCC3CC4)CC2)c1. The number of hydrogen-bond donors (Lipinski definition) is 1. The molecule has 5 rings (SSSR count). The van der Waals surface area contributed by atoms with Crippen LogP contribution in [0, 0.1) is 5.92 Å². The lowest BCUT2D eigenvalue weighted by Gasteiger charge is -2.50. The Labute approximate surface area is 151 Å². The molecule has 0 aliphatic carbocycles. The van der Waals surface area contributed by atoms with Gasteiger partial charge in [-0.3, -0.25) is 4.90 Å². The highest BCUT2D eigenvalue weighted by molar-refractivity contribution is 5.89. The first-order chi connectivity index (χ1) is 12.2. The van der Waals surface area contributed by atoms with E-state index in [-0.39, 0.29) is 6.03 Å². The van der Waals surface area contributed by atoms with Crippen LogP contribution >= 0.6 is 0 Å². The number of carbonyl (C=O) groups is 1. The summed E-state index contributed by atoms with van der Waals surface area (Å²) in [5, 5.41) is 3.07. The van der Waals surface area contributed by atoms with E-state index in [0.717, 1.165) is 44.2 Å². The molecule has 0 radical (unpaired) electrons. The zero-order valence-electron chi connectivity index (χ0n) is 15.3. The van der Waals surface area contributed by atoms with E-state index >= 15 is 0 Å². The third-order valence-electron chi connectivity index (χ3n) is 6.28. The molecule has 4 saturated heterocycles. The van der Waals surface area contributed by atoms with Crippen LogP contribution in [0.5, 0.6) is 0 Å². The van der Waals surface area contributed by atoms with Crippen LogP contribution in [0.15, 0.2) is 24.3 Å². The van der Waals surface area contributed by atoms with Gasteiger partial charge in [-0.15, -0.1) is 0 Å². The first-order valence-electron chi connectivity index (χ1n) is 9.84. The number of hydrogen-bond acceptors (Lipinski definition) is 3. The van der Waals surface area contributed by atoms with Crippen molar-refractivity contribution in [3.8, 4) is 0 Å². The van der Waals surface area contributed by atoms with Crippen LogP contribution in [-0.2, 0) is 6.42 Å². The molecule has 0 aromatic heterocycles. The summed E-state index contributed by atoms with van der Waals surface area (Å²) >= 11 is 0. The van der Waals surface area contributed by atoms with E-state index in [2.05, 4.69) is 34.2 Å². The second kappa shape index (κ2) is 7.34. The lowest BCUT2D eigenvalue weighted by molar-refractivity contribution is -0.00971. The minimum atomic E-state index is 0.0433. The molecule has 4 aliphatic rings. The van der Waals surface area contributed by atoms with Crippen molar-refractivity contribution in [2.75, 3.05) is 51.1 Å². The van der Waals surface area contributed by atoms with E-state index in [1.54, 1.807) is 0 Å². The number of anilines is 1. The van der Waals surface area contributed by atoms with Gasteiger partial charge in [-0.2, -0.15) is 0 Å². The second-order valence-electron chi connectivity index (χ2n) is 7.71. The van der Waals surface area contributed by atoms with Crippen LogP contribution in [0.2, 0.25) is 0 Å². The van der Waals surface area contributed by atoms with Crippen LogP contribution in [0.25, 0.3) is 0 Å². The van der Waals surface area contributed by atoms with Gasteiger partial charge in [-0.25, -0.2) is 4.79 Å². The molecule has 2 bridgehead atoms. The summed E-state index contributed by atoms with van der Waals surface area (Å²) in [7, 11) is 0. The number of carbonyl (C=O) groups excluding carboxylic acids is 1. The number of benzene rings is 1. The number of amides is 2. The van der Waals surface area contributed by atoms with Gasteiger partial charge in [0.25, 0.3) is 0 Å². The Morgan fingerprint density at radius 3 is 2.52 bits per heavy atom. The average molecular weight is 342 g/mol. The van der Waals surface area contributed by atoms with Crippen molar-refractivity contribution in [1.82, 2.24) is 14.7 Å². The number of piperidine rings is 3. The maximum absolute atomic E-state index is 12.6. The first kappa shape index (κ1) is 16.9. The molecule has 4 aliphatic heterocycles. The van der Waals surface area contributed by atoms with Gasteiger partial charge in [0.05, 0.1) is 0 Å². The molecule has 4 fully saturated rings. The molecule has 5 heteroatoms. The molecule has 5 nitrogen and oxygen atoms in total. The van der Waals surface area contributed by atoms with Gasteiger partial charge in [0.1, 0.15) is 0 Å². The first-order valence-corrected chi connectivity index (χ1v) is 9.84. The maximum Gasteiger partial charge on any atom is 0.321 e. The Hall–Kier alpha value is -1.59. The number of piperazine rings is 1. The highest BCUT2D eigenvalue weighted by atomic mass is 16.2. The van der Waals surface area contributed by atoms with Crippen LogP contribution < -0.4 is 5.32 Å². The van der Waals surface area contributed by atoms with Crippen molar-refractivity contribution < 1.29 is 4.79 Å². The van der Waals surface area contributed by atoms with Crippen molar-refractivity contribution in [3.63, 3.8) is 0 Å². The number of urea groups is 1. The zero-order chi connectivity index (χ0) is 17.2. The average Bonchev–Trinajstić information content (AvgIpc) is 2.69. The summed E-state index contributed by atoms with van der Waals surface area (Å²) in [6.45, 7) is 9.65. The molecule has 1 N–H and O–H groups in total. The van der Waals surface area contributed by atoms with E-state index in [1.807, 2.05) is 17.0 Å². The zero-order valence-corrected chi connectivity index (χ0v) is 15.3. The van der Waals surface area contributed by atoms with Crippen molar-refractivity contribution in [2.24, 2.45) is 5.92 Å². The van der Waals surface area contributed by atoms with Crippen molar-refractivity contribution in [1.29, 1.82) is 0 Å². The Balaban J connectivity index is 1.30. The third kappa shape index (κ3) is 3.67. The molecule has 0 spiro atoms. The van der Waals surface area contributed by atoms with Gasteiger partial charge >= 0.3 is 6.03 Å². The van der Waals surface area contributed by atoms with E-state index in [0.29, 0.717) is 6.04 Å². The molecule has 1 atom stereocenters. The van der Waals surface area contributed by atoms with Gasteiger partial charge in [0.2, 0.25) is 0 Å². The number of fused-ring (bicyclic) bond motifs is 3. The fraction of sp³-hybridized carbons (Fsp3) is 0.650. The van der Waals surface area contributed by atoms with E-state index in [9.17, 15) is 4.79 Å². The van der Waals surface area contributed by atoms with Crippen molar-refractivity contribution >= 4 is 11.7 Å². The quantitative estimate of drug-likeness (QED) is 0.917. The van der Waals surface area contributed by atoms with E-state index in [4.69, 9.17) is 0 Å². The van der Waals surface area contributed by atoms with Gasteiger partial charge in [-0.05, 0) is 56.0 Å². The van der Waals surface area contributed by atoms with E-state index < -0.39 is 0 Å². The predicted molar refractivity (Wildman–Crippen MR) is 101 cm³/mol. The summed E-state index contributed by atoms with van der Waals surface area (Å²) in [6.07, 6.45) is 3.71. The highest BCUT2D eigenvalue weighted by Gasteiger charge is 2.38. The molecule has 25 heavy (non-hydrogen) atoms. The van der Waals surface area contributed by atoms with Crippen molar-refractivity contribution in [2.45, 2.75) is 32.2 Å². The second-order valence-corrected chi connectivity index (χ2v) is 7.71. The van der Waals surface area contributed by atoms with Crippen LogP contribution in [0.1, 0.15) is 25.3 Å². The lowest BCUT2D eigenvalue weighted by Crippen LogP contribution is -2.61. The van der Waals surface area contributed by atoms with Crippen LogP contribution in [0.3, 0.4) is 0 Å². The predicted octanol–water partition coefficient (Wildman–Crippen LogP) is 2.49. The summed E-state index contributed by atoms with van der Waals surface area (Å²) in [5.74, 6) is 0.877. The topological polar surface area (TPSA) is 38.8 Å². The molecular formula is C20H30N4O. The number of nitrogens with one attached hydrogen (secondary N) is 1. The van der Waals surface area contributed by atoms with Gasteiger partial charge in [-0.1, -0.05) is 19.1 Å². The monoisotopic (exact) mass is 342 g/mol. The fourth-order valence-corrected chi connectivity index (χ4v) is 4.68. The highest BCUT2D eigenvalue weighted by Crippen LogP contribution is 2.31. The largest absolute Gasteiger partial charge is 0.322 e. The molecule has 136 valence electrons. The summed E-state index contributed by atoms with van der Waals surface area (Å²) in [5.41, 5.74) is 2.16. The van der Waals surface area contributed by atoms with Gasteiger partial charge in [0, 0.05) is 44.5 Å². The molecule has 1 aromatic carbocycles. The van der Waals surface area contributed by atoms with Crippen LogP contribution in [0.4, 0.5) is 10.5 Å². The molecule has 2 amide bonds. The Kier molecular flexibility index (Phi) is 4.95. The Morgan fingerprint density at radius 1 is 1.12 bits per heavy atom. The molecule has 1 unspecified atom stereocenters. The molecule has 4 heterocycles. The standard InChI is InChI=1S/C20H30N4O/c1-2-16-4-3-5-18(14-16)21-20(25)24-12-10-23(11-13-24)19-15-22-8-6-17(19)7-9-22/h3-5,14,17,19H,2,6-13,15H2,1H3,(H,21,25). The number of nitrogens with zero attached hydrogens (tertiary/aromatic N) is 3. The van der Waals surface area contributed by atoms with Gasteiger partial charge in [0.15, 0.2) is 0 Å². The molecular weight excluding hydrogens is 312 g/mol. The number of aryl methyl sites for hydroxylation is 1. The minimum absolute atomic E-state index is 0.0433. The Bertz CT molecular complexity index is 603. The molecule has 1 aromatic rings.